The van der Waals surface area contributed by atoms with Crippen molar-refractivity contribution in [3.63, 3.8) is 0 Å². The van der Waals surface area contributed by atoms with Gasteiger partial charge in [-0.25, -0.2) is 9.48 Å². The summed E-state index contributed by atoms with van der Waals surface area (Å²) in [7, 11) is 1.39. The summed E-state index contributed by atoms with van der Waals surface area (Å²) in [6.07, 6.45) is 2.69. The zero-order valence-electron chi connectivity index (χ0n) is 14.4. The molecule has 1 aromatic heterocycles. The van der Waals surface area contributed by atoms with Crippen LogP contribution in [0.25, 0.3) is 0 Å². The lowest BCUT2D eigenvalue weighted by atomic mass is 10.00. The van der Waals surface area contributed by atoms with Crippen LogP contribution in [0.5, 0.6) is 0 Å². The number of aromatic nitrogens is 2. The van der Waals surface area contributed by atoms with Crippen molar-refractivity contribution in [1.82, 2.24) is 19.6 Å². The predicted octanol–water partition coefficient (Wildman–Crippen LogP) is 1.37. The lowest BCUT2D eigenvalue weighted by Crippen LogP contribution is -2.43. The molecule has 7 nitrogen and oxygen atoms in total. The number of esters is 1. The first-order chi connectivity index (χ1) is 12.2. The van der Waals surface area contributed by atoms with Crippen molar-refractivity contribution in [1.29, 1.82) is 0 Å². The lowest BCUT2D eigenvalue weighted by Gasteiger charge is -2.33. The van der Waals surface area contributed by atoms with Crippen LogP contribution >= 0.6 is 0 Å². The van der Waals surface area contributed by atoms with Crippen molar-refractivity contribution < 1.29 is 9.53 Å². The van der Waals surface area contributed by atoms with Crippen LogP contribution in [0.2, 0.25) is 0 Å². The Hall–Kier alpha value is -2.38. The van der Waals surface area contributed by atoms with E-state index in [2.05, 4.69) is 44.5 Å². The molecule has 0 saturated heterocycles. The molecule has 0 spiro atoms. The first-order valence-corrected chi connectivity index (χ1v) is 8.64. The minimum absolute atomic E-state index is 0.353. The molecule has 2 aliphatic heterocycles. The van der Waals surface area contributed by atoms with Gasteiger partial charge in [0.15, 0.2) is 0 Å². The molecular weight excluding hydrogens is 318 g/mol. The quantitative estimate of drug-likeness (QED) is 0.848. The van der Waals surface area contributed by atoms with E-state index in [9.17, 15) is 4.79 Å². The lowest BCUT2D eigenvalue weighted by molar-refractivity contribution is 0.0601. The number of ether oxygens (including phenoxy) is 1. The molecule has 1 N–H and O–H groups in total. The van der Waals surface area contributed by atoms with Gasteiger partial charge in [-0.1, -0.05) is 24.3 Å². The van der Waals surface area contributed by atoms with E-state index in [1.165, 1.54) is 18.2 Å². The molecule has 4 rings (SSSR count). The van der Waals surface area contributed by atoms with E-state index in [4.69, 9.17) is 4.74 Å². The number of carbonyl (C=O) groups is 1. The summed E-state index contributed by atoms with van der Waals surface area (Å²) in [5, 5.41) is 7.59. The van der Waals surface area contributed by atoms with Crippen LogP contribution < -0.4 is 5.32 Å². The summed E-state index contributed by atoms with van der Waals surface area (Å²) in [5.74, 6) is 0.393. The van der Waals surface area contributed by atoms with E-state index < -0.39 is 0 Å². The van der Waals surface area contributed by atoms with Gasteiger partial charge < -0.3 is 10.1 Å². The highest BCUT2D eigenvalue weighted by Crippen LogP contribution is 2.21. The summed E-state index contributed by atoms with van der Waals surface area (Å²) < 4.78 is 6.61. The monoisotopic (exact) mass is 341 g/mol. The molecule has 0 atom stereocenters. The summed E-state index contributed by atoms with van der Waals surface area (Å²) in [6, 6.07) is 8.71. The number of nitrogens with zero attached hydrogens (tertiary/aromatic N) is 4. The molecule has 0 radical (unpaired) electrons. The summed E-state index contributed by atoms with van der Waals surface area (Å²) in [5.41, 5.74) is 3.42. The Morgan fingerprint density at radius 3 is 2.88 bits per heavy atom. The second-order valence-electron chi connectivity index (χ2n) is 6.56. The highest BCUT2D eigenvalue weighted by atomic mass is 16.5. The van der Waals surface area contributed by atoms with E-state index in [0.29, 0.717) is 18.9 Å². The average Bonchev–Trinajstić information content (AvgIpc) is 3.09. The maximum atomic E-state index is 11.7. The fourth-order valence-corrected chi connectivity index (χ4v) is 3.54. The third kappa shape index (κ3) is 3.25. The number of anilines is 1. The van der Waals surface area contributed by atoms with Gasteiger partial charge in [-0.05, 0) is 17.5 Å². The third-order valence-corrected chi connectivity index (χ3v) is 4.99. The van der Waals surface area contributed by atoms with E-state index in [1.54, 1.807) is 6.20 Å². The molecule has 2 aliphatic rings. The van der Waals surface area contributed by atoms with Crippen molar-refractivity contribution in [2.45, 2.75) is 19.6 Å². The largest absolute Gasteiger partial charge is 0.465 e. The normalized spacial score (nSPS) is 17.5. The molecule has 132 valence electrons. The van der Waals surface area contributed by atoms with E-state index in [1.807, 2.05) is 4.68 Å². The Bertz CT molecular complexity index is 773. The number of benzene rings is 1. The Kier molecular flexibility index (Phi) is 4.42. The fraction of sp³-hybridized carbons (Fsp3) is 0.444. The topological polar surface area (TPSA) is 62.6 Å². The van der Waals surface area contributed by atoms with Crippen LogP contribution in [0, 0.1) is 0 Å². The van der Waals surface area contributed by atoms with Crippen LogP contribution in [-0.4, -0.2) is 59.0 Å². The minimum atomic E-state index is -0.353. The van der Waals surface area contributed by atoms with Crippen LogP contribution in [0.4, 0.5) is 5.82 Å². The fourth-order valence-electron chi connectivity index (χ4n) is 3.54. The highest BCUT2D eigenvalue weighted by Gasteiger charge is 2.24. The SMILES string of the molecule is COC(=O)c1cnn2c1NCN(CCN1CCc3ccccc3C1)C2. The van der Waals surface area contributed by atoms with E-state index >= 15 is 0 Å². The maximum Gasteiger partial charge on any atom is 0.343 e. The van der Waals surface area contributed by atoms with Crippen molar-refractivity contribution in [2.75, 3.05) is 38.7 Å². The van der Waals surface area contributed by atoms with E-state index in [0.717, 1.165) is 38.4 Å². The maximum absolute atomic E-state index is 11.7. The van der Waals surface area contributed by atoms with Gasteiger partial charge in [0.05, 0.1) is 26.6 Å². The Morgan fingerprint density at radius 2 is 2.04 bits per heavy atom. The average molecular weight is 341 g/mol. The van der Waals surface area contributed by atoms with Gasteiger partial charge in [0, 0.05) is 26.2 Å². The number of fused-ring (bicyclic) bond motifs is 2. The number of rotatable bonds is 4. The molecule has 0 unspecified atom stereocenters. The summed E-state index contributed by atoms with van der Waals surface area (Å²) in [4.78, 5) is 16.5. The second-order valence-corrected chi connectivity index (χ2v) is 6.56. The zero-order chi connectivity index (χ0) is 17.2. The van der Waals surface area contributed by atoms with Crippen LogP contribution in [-0.2, 0) is 24.4 Å². The van der Waals surface area contributed by atoms with Crippen molar-refractivity contribution in [3.05, 3.63) is 47.2 Å². The van der Waals surface area contributed by atoms with E-state index in [-0.39, 0.29) is 5.97 Å². The van der Waals surface area contributed by atoms with Gasteiger partial charge >= 0.3 is 5.97 Å². The zero-order valence-corrected chi connectivity index (χ0v) is 14.4. The molecule has 0 fully saturated rings. The molecule has 0 aliphatic carbocycles. The van der Waals surface area contributed by atoms with Crippen molar-refractivity contribution in [2.24, 2.45) is 0 Å². The predicted molar refractivity (Wildman–Crippen MR) is 94.2 cm³/mol. The third-order valence-electron chi connectivity index (χ3n) is 4.99. The Morgan fingerprint density at radius 1 is 1.24 bits per heavy atom. The van der Waals surface area contributed by atoms with Gasteiger partial charge in [0.1, 0.15) is 11.4 Å². The van der Waals surface area contributed by atoms with Gasteiger partial charge in [-0.15, -0.1) is 0 Å². The van der Waals surface area contributed by atoms with Gasteiger partial charge in [0.25, 0.3) is 0 Å². The summed E-state index contributed by atoms with van der Waals surface area (Å²) >= 11 is 0. The molecule has 0 bridgehead atoms. The van der Waals surface area contributed by atoms with Gasteiger partial charge in [0.2, 0.25) is 0 Å². The number of nitrogens with one attached hydrogen (secondary N) is 1. The van der Waals surface area contributed by atoms with Gasteiger partial charge in [-0.2, -0.15) is 5.10 Å². The Balaban J connectivity index is 1.33. The molecule has 25 heavy (non-hydrogen) atoms. The number of hydrogen-bond acceptors (Lipinski definition) is 6. The van der Waals surface area contributed by atoms with Gasteiger partial charge in [-0.3, -0.25) is 9.80 Å². The first kappa shape index (κ1) is 16.1. The van der Waals surface area contributed by atoms with Crippen LogP contribution in [0.3, 0.4) is 0 Å². The molecule has 3 heterocycles. The minimum Gasteiger partial charge on any atom is -0.465 e. The number of methoxy groups -OCH3 is 1. The summed E-state index contributed by atoms with van der Waals surface area (Å²) in [6.45, 7) is 5.51. The smallest absolute Gasteiger partial charge is 0.343 e. The van der Waals surface area contributed by atoms with Crippen molar-refractivity contribution >= 4 is 11.8 Å². The second kappa shape index (κ2) is 6.85. The number of hydrogen-bond donors (Lipinski definition) is 1. The number of carbonyl (C=O) groups excluding carboxylic acids is 1. The molecule has 7 heteroatoms. The molecule has 1 aromatic carbocycles. The van der Waals surface area contributed by atoms with Crippen molar-refractivity contribution in [3.8, 4) is 0 Å². The molecule has 0 amide bonds. The Labute approximate surface area is 147 Å². The standard InChI is InChI=1S/C18H23N5O2/c1-25-18(24)16-10-20-23-13-22(12-19-17(16)23)9-8-21-7-6-14-4-2-3-5-15(14)11-21/h2-5,10,19H,6-9,11-13H2,1H3. The molecule has 0 saturated carbocycles. The molecule has 2 aromatic rings. The first-order valence-electron chi connectivity index (χ1n) is 8.64. The molecular formula is C18H23N5O2. The van der Waals surface area contributed by atoms with Crippen LogP contribution in [0.1, 0.15) is 21.5 Å². The highest BCUT2D eigenvalue weighted by molar-refractivity contribution is 5.94. The van der Waals surface area contributed by atoms with Crippen LogP contribution in [0.15, 0.2) is 30.5 Å².